The van der Waals surface area contributed by atoms with Gasteiger partial charge < -0.3 is 0 Å². The molecule has 0 fully saturated rings. The van der Waals surface area contributed by atoms with Crippen LogP contribution in [0.5, 0.6) is 0 Å². The molecular formula is C16H18N2. The van der Waals surface area contributed by atoms with Crippen molar-refractivity contribution < 1.29 is 0 Å². The standard InChI is InChI=1S/C16H18N2/c1-18-11-9-15-14(8-5-10-17-15)16(18)12-13-6-3-2-4-7-13/h2-8,10,16H,9,11-12H2,1H3. The van der Waals surface area contributed by atoms with Crippen LogP contribution < -0.4 is 0 Å². The molecule has 0 aliphatic carbocycles. The fraction of sp³-hybridized carbons (Fsp3) is 0.312. The van der Waals surface area contributed by atoms with Gasteiger partial charge in [-0.2, -0.15) is 0 Å². The van der Waals surface area contributed by atoms with Crippen LogP contribution in [0.1, 0.15) is 22.9 Å². The lowest BCUT2D eigenvalue weighted by atomic mass is 9.92. The van der Waals surface area contributed by atoms with Gasteiger partial charge in [-0.1, -0.05) is 36.4 Å². The highest BCUT2D eigenvalue weighted by atomic mass is 15.1. The molecule has 0 saturated heterocycles. The molecule has 0 bridgehead atoms. The number of benzene rings is 1. The first-order valence-corrected chi connectivity index (χ1v) is 6.52. The second-order valence-electron chi connectivity index (χ2n) is 4.98. The molecule has 2 nitrogen and oxygen atoms in total. The van der Waals surface area contributed by atoms with Crippen molar-refractivity contribution in [3.8, 4) is 0 Å². The van der Waals surface area contributed by atoms with Crippen LogP contribution in [0.4, 0.5) is 0 Å². The van der Waals surface area contributed by atoms with Crippen molar-refractivity contribution >= 4 is 0 Å². The number of hydrogen-bond donors (Lipinski definition) is 0. The summed E-state index contributed by atoms with van der Waals surface area (Å²) in [6.07, 6.45) is 4.04. The van der Waals surface area contributed by atoms with Crippen LogP contribution >= 0.6 is 0 Å². The average molecular weight is 238 g/mol. The van der Waals surface area contributed by atoms with E-state index in [-0.39, 0.29) is 0 Å². The monoisotopic (exact) mass is 238 g/mol. The first kappa shape index (κ1) is 11.4. The van der Waals surface area contributed by atoms with Gasteiger partial charge in [0.05, 0.1) is 0 Å². The fourth-order valence-electron chi connectivity index (χ4n) is 2.74. The number of fused-ring (bicyclic) bond motifs is 1. The minimum Gasteiger partial charge on any atom is -0.299 e. The third kappa shape index (κ3) is 2.16. The highest BCUT2D eigenvalue weighted by molar-refractivity contribution is 5.29. The molecule has 1 aliphatic rings. The average Bonchev–Trinajstić information content (AvgIpc) is 2.43. The fourth-order valence-corrected chi connectivity index (χ4v) is 2.74. The minimum atomic E-state index is 0.463. The highest BCUT2D eigenvalue weighted by Gasteiger charge is 2.25. The van der Waals surface area contributed by atoms with E-state index in [9.17, 15) is 0 Å². The summed E-state index contributed by atoms with van der Waals surface area (Å²) in [5.74, 6) is 0. The molecule has 2 aromatic rings. The first-order chi connectivity index (χ1) is 8.84. The zero-order chi connectivity index (χ0) is 12.4. The molecule has 0 spiro atoms. The molecule has 1 aromatic carbocycles. The van der Waals surface area contributed by atoms with E-state index in [2.05, 4.69) is 59.4 Å². The molecule has 1 aromatic heterocycles. The summed E-state index contributed by atoms with van der Waals surface area (Å²) < 4.78 is 0. The normalized spacial score (nSPS) is 19.5. The Morgan fingerprint density at radius 3 is 2.83 bits per heavy atom. The SMILES string of the molecule is CN1CCc2ncccc2C1Cc1ccccc1. The maximum atomic E-state index is 4.52. The summed E-state index contributed by atoms with van der Waals surface area (Å²) in [7, 11) is 2.21. The van der Waals surface area contributed by atoms with Gasteiger partial charge in [0.1, 0.15) is 0 Å². The molecule has 1 atom stereocenters. The molecular weight excluding hydrogens is 220 g/mol. The molecule has 18 heavy (non-hydrogen) atoms. The first-order valence-electron chi connectivity index (χ1n) is 6.52. The topological polar surface area (TPSA) is 16.1 Å². The zero-order valence-corrected chi connectivity index (χ0v) is 10.7. The van der Waals surface area contributed by atoms with Crippen molar-refractivity contribution in [2.24, 2.45) is 0 Å². The molecule has 2 heterocycles. The van der Waals surface area contributed by atoms with Gasteiger partial charge in [-0.3, -0.25) is 9.88 Å². The van der Waals surface area contributed by atoms with E-state index < -0.39 is 0 Å². The Morgan fingerprint density at radius 1 is 1.17 bits per heavy atom. The summed E-state index contributed by atoms with van der Waals surface area (Å²) >= 11 is 0. The van der Waals surface area contributed by atoms with Gasteiger partial charge in [-0.15, -0.1) is 0 Å². The van der Waals surface area contributed by atoms with Gasteiger partial charge in [-0.05, 0) is 30.7 Å². The number of aromatic nitrogens is 1. The minimum absolute atomic E-state index is 0.463. The van der Waals surface area contributed by atoms with Crippen molar-refractivity contribution in [2.75, 3.05) is 13.6 Å². The Hall–Kier alpha value is -1.67. The summed E-state index contributed by atoms with van der Waals surface area (Å²) in [5, 5.41) is 0. The molecule has 0 N–H and O–H groups in total. The zero-order valence-electron chi connectivity index (χ0n) is 10.7. The summed E-state index contributed by atoms with van der Waals surface area (Å²) in [5.41, 5.74) is 4.07. The van der Waals surface area contributed by atoms with Crippen LogP contribution in [0, 0.1) is 0 Å². The van der Waals surface area contributed by atoms with E-state index in [4.69, 9.17) is 0 Å². The third-order valence-corrected chi connectivity index (χ3v) is 3.79. The lowest BCUT2D eigenvalue weighted by Crippen LogP contribution is -2.33. The van der Waals surface area contributed by atoms with Crippen molar-refractivity contribution in [1.82, 2.24) is 9.88 Å². The van der Waals surface area contributed by atoms with Gasteiger partial charge in [0.15, 0.2) is 0 Å². The molecule has 2 heteroatoms. The smallest absolute Gasteiger partial charge is 0.0464 e. The van der Waals surface area contributed by atoms with E-state index in [0.29, 0.717) is 6.04 Å². The molecule has 92 valence electrons. The van der Waals surface area contributed by atoms with E-state index in [0.717, 1.165) is 19.4 Å². The van der Waals surface area contributed by atoms with Gasteiger partial charge in [0, 0.05) is 30.9 Å². The van der Waals surface area contributed by atoms with E-state index in [1.165, 1.54) is 16.8 Å². The summed E-state index contributed by atoms with van der Waals surface area (Å²) in [4.78, 5) is 6.96. The van der Waals surface area contributed by atoms with Crippen molar-refractivity contribution in [3.05, 3.63) is 65.5 Å². The lowest BCUT2D eigenvalue weighted by molar-refractivity contribution is 0.227. The second-order valence-corrected chi connectivity index (χ2v) is 4.98. The van der Waals surface area contributed by atoms with Gasteiger partial charge in [0.2, 0.25) is 0 Å². The predicted molar refractivity (Wildman–Crippen MR) is 73.5 cm³/mol. The summed E-state index contributed by atoms with van der Waals surface area (Å²) in [6, 6.07) is 15.5. The number of pyridine rings is 1. The van der Waals surface area contributed by atoms with E-state index >= 15 is 0 Å². The molecule has 0 radical (unpaired) electrons. The van der Waals surface area contributed by atoms with Crippen molar-refractivity contribution in [1.29, 1.82) is 0 Å². The quantitative estimate of drug-likeness (QED) is 0.799. The second kappa shape index (κ2) is 4.91. The van der Waals surface area contributed by atoms with Crippen molar-refractivity contribution in [2.45, 2.75) is 18.9 Å². The Bertz CT molecular complexity index is 522. The van der Waals surface area contributed by atoms with Crippen LogP contribution in [0.3, 0.4) is 0 Å². The van der Waals surface area contributed by atoms with Crippen LogP contribution in [0.15, 0.2) is 48.7 Å². The largest absolute Gasteiger partial charge is 0.299 e. The van der Waals surface area contributed by atoms with Crippen molar-refractivity contribution in [3.63, 3.8) is 0 Å². The predicted octanol–water partition coefficient (Wildman–Crippen LogP) is 2.85. The van der Waals surface area contributed by atoms with Gasteiger partial charge >= 0.3 is 0 Å². The number of likely N-dealkylation sites (N-methyl/N-ethyl adjacent to an activating group) is 1. The molecule has 3 rings (SSSR count). The Labute approximate surface area is 108 Å². The Balaban J connectivity index is 1.91. The Kier molecular flexibility index (Phi) is 3.11. The molecule has 0 amide bonds. The van der Waals surface area contributed by atoms with Crippen LogP contribution in [-0.2, 0) is 12.8 Å². The molecule has 1 aliphatic heterocycles. The lowest BCUT2D eigenvalue weighted by Gasteiger charge is -2.34. The molecule has 0 saturated carbocycles. The van der Waals surface area contributed by atoms with E-state index in [1.807, 2.05) is 6.20 Å². The van der Waals surface area contributed by atoms with Gasteiger partial charge in [-0.25, -0.2) is 0 Å². The molecule has 1 unspecified atom stereocenters. The van der Waals surface area contributed by atoms with Gasteiger partial charge in [0.25, 0.3) is 0 Å². The maximum Gasteiger partial charge on any atom is 0.0464 e. The van der Waals surface area contributed by atoms with E-state index in [1.54, 1.807) is 0 Å². The Morgan fingerprint density at radius 2 is 2.00 bits per heavy atom. The number of hydrogen-bond acceptors (Lipinski definition) is 2. The van der Waals surface area contributed by atoms with Crippen LogP contribution in [-0.4, -0.2) is 23.5 Å². The van der Waals surface area contributed by atoms with Crippen LogP contribution in [0.2, 0.25) is 0 Å². The highest BCUT2D eigenvalue weighted by Crippen LogP contribution is 2.29. The van der Waals surface area contributed by atoms with Crippen LogP contribution in [0.25, 0.3) is 0 Å². The number of rotatable bonds is 2. The maximum absolute atomic E-state index is 4.52. The summed E-state index contributed by atoms with van der Waals surface area (Å²) in [6.45, 7) is 1.10. The third-order valence-electron chi connectivity index (χ3n) is 3.79. The number of nitrogens with zero attached hydrogens (tertiary/aromatic N) is 2.